The maximum absolute atomic E-state index is 12.6. The van der Waals surface area contributed by atoms with E-state index in [9.17, 15) is 14.4 Å². The summed E-state index contributed by atoms with van der Waals surface area (Å²) in [5.74, 6) is 0.473. The molecule has 7 nitrogen and oxygen atoms in total. The molecule has 1 aromatic heterocycles. The van der Waals surface area contributed by atoms with Crippen LogP contribution in [0.25, 0.3) is 0 Å². The molecule has 2 aliphatic rings. The zero-order valence-corrected chi connectivity index (χ0v) is 17.6. The smallest absolute Gasteiger partial charge is 0.285 e. The molecule has 1 unspecified atom stereocenters. The van der Waals surface area contributed by atoms with Crippen molar-refractivity contribution in [1.82, 2.24) is 19.8 Å². The summed E-state index contributed by atoms with van der Waals surface area (Å²) in [6.07, 6.45) is 3.90. The maximum Gasteiger partial charge on any atom is 0.285 e. The van der Waals surface area contributed by atoms with Crippen LogP contribution in [0.4, 0.5) is 0 Å². The summed E-state index contributed by atoms with van der Waals surface area (Å²) < 4.78 is 1.93. The Morgan fingerprint density at radius 2 is 1.97 bits per heavy atom. The number of carbonyl (C=O) groups is 2. The lowest BCUT2D eigenvalue weighted by molar-refractivity contribution is -0.133. The van der Waals surface area contributed by atoms with E-state index in [2.05, 4.69) is 10.3 Å². The van der Waals surface area contributed by atoms with Gasteiger partial charge in [-0.15, -0.1) is 0 Å². The van der Waals surface area contributed by atoms with Gasteiger partial charge in [-0.25, -0.2) is 0 Å². The molecular formula is C23H28N4O3. The number of likely N-dealkylation sites (tertiary alicyclic amines) is 1. The van der Waals surface area contributed by atoms with E-state index in [1.165, 1.54) is 0 Å². The van der Waals surface area contributed by atoms with Crippen LogP contribution in [-0.4, -0.2) is 45.9 Å². The number of nitrogens with zero attached hydrogens (tertiary/aromatic N) is 3. The fourth-order valence-electron chi connectivity index (χ4n) is 4.54. The van der Waals surface area contributed by atoms with Gasteiger partial charge in [0.15, 0.2) is 0 Å². The number of hydrogen-bond donors (Lipinski definition) is 1. The molecular weight excluding hydrogens is 380 g/mol. The zero-order chi connectivity index (χ0) is 21.3. The Bertz CT molecular complexity index is 1010. The number of rotatable bonds is 5. The second-order valence-corrected chi connectivity index (χ2v) is 8.84. The molecule has 2 amide bonds. The third kappa shape index (κ3) is 4.01. The largest absolute Gasteiger partial charge is 0.351 e. The Labute approximate surface area is 176 Å². The molecule has 158 valence electrons. The van der Waals surface area contributed by atoms with Gasteiger partial charge in [0.1, 0.15) is 11.4 Å². The van der Waals surface area contributed by atoms with Crippen molar-refractivity contribution in [1.29, 1.82) is 0 Å². The van der Waals surface area contributed by atoms with Gasteiger partial charge in [0.25, 0.3) is 11.5 Å². The first-order valence-electron chi connectivity index (χ1n) is 10.6. The van der Waals surface area contributed by atoms with Crippen LogP contribution in [0.1, 0.15) is 42.0 Å². The van der Waals surface area contributed by atoms with E-state index in [-0.39, 0.29) is 28.7 Å². The van der Waals surface area contributed by atoms with Gasteiger partial charge in [-0.2, -0.15) is 4.98 Å². The minimum atomic E-state index is -0.483. The molecule has 1 aromatic carbocycles. The molecule has 2 aromatic rings. The first kappa shape index (κ1) is 20.3. The number of aromatic nitrogens is 2. The molecule has 7 heteroatoms. The lowest BCUT2D eigenvalue weighted by Gasteiger charge is -2.24. The predicted molar refractivity (Wildman–Crippen MR) is 113 cm³/mol. The molecule has 2 aliphatic heterocycles. The summed E-state index contributed by atoms with van der Waals surface area (Å²) >= 11 is 0. The fourth-order valence-corrected chi connectivity index (χ4v) is 4.54. The normalized spacial score (nSPS) is 20.0. The third-order valence-electron chi connectivity index (χ3n) is 6.15. The number of carbonyl (C=O) groups excluding carboxylic acids is 2. The van der Waals surface area contributed by atoms with E-state index in [0.29, 0.717) is 38.3 Å². The Morgan fingerprint density at radius 1 is 1.20 bits per heavy atom. The SMILES string of the molecule is CC(C)C(=O)N1CCC2(Cc3nc(=O)c(C(=O)NCCc4ccccc4)cn3C2)C1. The Hall–Kier alpha value is -2.96. The number of nitrogens with one attached hydrogen (secondary N) is 1. The monoisotopic (exact) mass is 408 g/mol. The minimum Gasteiger partial charge on any atom is -0.351 e. The highest BCUT2D eigenvalue weighted by Crippen LogP contribution is 2.40. The average molecular weight is 409 g/mol. The molecule has 30 heavy (non-hydrogen) atoms. The van der Waals surface area contributed by atoms with Crippen molar-refractivity contribution in [2.45, 2.75) is 39.7 Å². The number of amides is 2. The maximum atomic E-state index is 12.6. The molecule has 1 N–H and O–H groups in total. The molecule has 0 bridgehead atoms. The molecule has 1 spiro atoms. The van der Waals surface area contributed by atoms with Crippen LogP contribution in [-0.2, 0) is 24.2 Å². The summed E-state index contributed by atoms with van der Waals surface area (Å²) in [6.45, 7) is 6.39. The Morgan fingerprint density at radius 3 is 2.70 bits per heavy atom. The molecule has 1 saturated heterocycles. The van der Waals surface area contributed by atoms with Crippen LogP contribution in [0.2, 0.25) is 0 Å². The second-order valence-electron chi connectivity index (χ2n) is 8.84. The number of hydrogen-bond acceptors (Lipinski definition) is 4. The van der Waals surface area contributed by atoms with Crippen LogP contribution >= 0.6 is 0 Å². The van der Waals surface area contributed by atoms with Gasteiger partial charge < -0.3 is 14.8 Å². The molecule has 3 heterocycles. The molecule has 0 aliphatic carbocycles. The fraction of sp³-hybridized carbons (Fsp3) is 0.478. The van der Waals surface area contributed by atoms with Crippen molar-refractivity contribution in [2.75, 3.05) is 19.6 Å². The summed E-state index contributed by atoms with van der Waals surface area (Å²) in [5.41, 5.74) is 0.644. The van der Waals surface area contributed by atoms with Crippen molar-refractivity contribution in [2.24, 2.45) is 11.3 Å². The molecule has 1 atom stereocenters. The molecule has 0 radical (unpaired) electrons. The summed E-state index contributed by atoms with van der Waals surface area (Å²) in [4.78, 5) is 43.5. The van der Waals surface area contributed by atoms with Crippen molar-refractivity contribution < 1.29 is 9.59 Å². The standard InChI is InChI=1S/C23H28N4O3/c1-16(2)22(30)26-11-9-23(14-26)12-19-25-21(29)18(13-27(19)15-23)20(28)24-10-8-17-6-4-3-5-7-17/h3-7,13,16H,8-12,14-15H2,1-2H3,(H,24,28). The van der Waals surface area contributed by atoms with E-state index >= 15 is 0 Å². The highest BCUT2D eigenvalue weighted by molar-refractivity contribution is 5.93. The average Bonchev–Trinajstić information content (AvgIpc) is 3.29. The van der Waals surface area contributed by atoms with E-state index in [1.807, 2.05) is 53.6 Å². The van der Waals surface area contributed by atoms with Gasteiger partial charge in [0.05, 0.1) is 0 Å². The van der Waals surface area contributed by atoms with Crippen molar-refractivity contribution in [3.05, 3.63) is 63.8 Å². The quantitative estimate of drug-likeness (QED) is 0.815. The lowest BCUT2D eigenvalue weighted by Crippen LogP contribution is -2.35. The van der Waals surface area contributed by atoms with Crippen molar-refractivity contribution in [3.63, 3.8) is 0 Å². The third-order valence-corrected chi connectivity index (χ3v) is 6.15. The van der Waals surface area contributed by atoms with Crippen LogP contribution in [0, 0.1) is 11.3 Å². The van der Waals surface area contributed by atoms with Gasteiger partial charge in [0.2, 0.25) is 5.91 Å². The van der Waals surface area contributed by atoms with Crippen LogP contribution < -0.4 is 10.9 Å². The number of benzene rings is 1. The van der Waals surface area contributed by atoms with Crippen LogP contribution in [0.3, 0.4) is 0 Å². The van der Waals surface area contributed by atoms with Crippen LogP contribution in [0.5, 0.6) is 0 Å². The number of fused-ring (bicyclic) bond motifs is 1. The summed E-state index contributed by atoms with van der Waals surface area (Å²) in [7, 11) is 0. The van der Waals surface area contributed by atoms with Crippen molar-refractivity contribution >= 4 is 11.8 Å². The minimum absolute atomic E-state index is 0.0193. The first-order valence-corrected chi connectivity index (χ1v) is 10.6. The molecule has 1 fully saturated rings. The molecule has 0 saturated carbocycles. The topological polar surface area (TPSA) is 84.3 Å². The van der Waals surface area contributed by atoms with Gasteiger partial charge in [-0.05, 0) is 18.4 Å². The highest BCUT2D eigenvalue weighted by Gasteiger charge is 2.45. The van der Waals surface area contributed by atoms with Gasteiger partial charge in [-0.3, -0.25) is 14.4 Å². The second kappa shape index (κ2) is 8.05. The van der Waals surface area contributed by atoms with E-state index in [4.69, 9.17) is 0 Å². The van der Waals surface area contributed by atoms with Gasteiger partial charge >= 0.3 is 0 Å². The van der Waals surface area contributed by atoms with Crippen LogP contribution in [0.15, 0.2) is 41.3 Å². The highest BCUT2D eigenvalue weighted by atomic mass is 16.2. The summed E-state index contributed by atoms with van der Waals surface area (Å²) in [5, 5.41) is 2.83. The molecule has 4 rings (SSSR count). The predicted octanol–water partition coefficient (Wildman–Crippen LogP) is 1.65. The van der Waals surface area contributed by atoms with E-state index in [0.717, 1.165) is 18.5 Å². The van der Waals surface area contributed by atoms with Gasteiger partial charge in [0, 0.05) is 50.1 Å². The lowest BCUT2D eigenvalue weighted by atomic mass is 9.86. The Kier molecular flexibility index (Phi) is 5.45. The van der Waals surface area contributed by atoms with E-state index in [1.54, 1.807) is 6.20 Å². The first-order chi connectivity index (χ1) is 14.4. The van der Waals surface area contributed by atoms with Crippen molar-refractivity contribution in [3.8, 4) is 0 Å². The van der Waals surface area contributed by atoms with Gasteiger partial charge in [-0.1, -0.05) is 44.2 Å². The zero-order valence-electron chi connectivity index (χ0n) is 17.6. The summed E-state index contributed by atoms with van der Waals surface area (Å²) in [6, 6.07) is 9.89. The van der Waals surface area contributed by atoms with E-state index < -0.39 is 5.56 Å². The Balaban J connectivity index is 1.42.